The maximum absolute atomic E-state index is 14.0. The monoisotopic (exact) mass is 390 g/mol. The van der Waals surface area contributed by atoms with E-state index in [1.165, 1.54) is 18.3 Å². The lowest BCUT2D eigenvalue weighted by Crippen LogP contribution is -2.22. The van der Waals surface area contributed by atoms with Gasteiger partial charge in [-0.3, -0.25) is 9.78 Å². The van der Waals surface area contributed by atoms with E-state index < -0.39 is 21.7 Å². The first-order valence-electron chi connectivity index (χ1n) is 7.67. The lowest BCUT2D eigenvalue weighted by molar-refractivity contribution is -0.114. The zero-order valence-corrected chi connectivity index (χ0v) is 14.6. The minimum atomic E-state index is -4.02. The van der Waals surface area contributed by atoms with Gasteiger partial charge in [0, 0.05) is 17.8 Å². The molecule has 3 rings (SSSR count). The molecule has 10 heteroatoms. The van der Waals surface area contributed by atoms with Crippen molar-refractivity contribution in [2.75, 3.05) is 17.2 Å². The highest BCUT2D eigenvalue weighted by Gasteiger charge is 2.14. The topological polar surface area (TPSA) is 134 Å². The third-order valence-corrected chi connectivity index (χ3v) is 4.68. The fraction of sp³-hybridized carbons (Fsp3) is 0.0588. The number of halogens is 1. The molecule has 8 nitrogen and oxygen atoms in total. The van der Waals surface area contributed by atoms with Crippen molar-refractivity contribution < 1.29 is 22.7 Å². The predicted octanol–water partition coefficient (Wildman–Crippen LogP) is 1.78. The largest absolute Gasteiger partial charge is 0.506 e. The summed E-state index contributed by atoms with van der Waals surface area (Å²) in [6.07, 6.45) is 3.09. The van der Waals surface area contributed by atoms with Crippen molar-refractivity contribution in [2.24, 2.45) is 5.14 Å². The number of pyridine rings is 1. The number of fused-ring (bicyclic) bond motifs is 1. The van der Waals surface area contributed by atoms with Crippen molar-refractivity contribution in [2.45, 2.75) is 4.90 Å². The van der Waals surface area contributed by atoms with Crippen LogP contribution >= 0.6 is 0 Å². The van der Waals surface area contributed by atoms with Gasteiger partial charge in [0.1, 0.15) is 11.6 Å². The number of hydrogen-bond acceptors (Lipinski definition) is 6. The summed E-state index contributed by atoms with van der Waals surface area (Å²) in [5.41, 5.74) is 0.124. The van der Waals surface area contributed by atoms with Gasteiger partial charge in [0.15, 0.2) is 0 Å². The van der Waals surface area contributed by atoms with E-state index in [-0.39, 0.29) is 28.6 Å². The van der Waals surface area contributed by atoms with E-state index in [1.54, 1.807) is 18.3 Å². The zero-order chi connectivity index (χ0) is 19.6. The maximum Gasteiger partial charge on any atom is 0.243 e. The summed E-state index contributed by atoms with van der Waals surface area (Å²) < 4.78 is 36.4. The van der Waals surface area contributed by atoms with Crippen LogP contribution in [0.25, 0.3) is 10.8 Å². The number of sulfonamides is 1. The lowest BCUT2D eigenvalue weighted by Gasteiger charge is -2.12. The van der Waals surface area contributed by atoms with Gasteiger partial charge in [0.25, 0.3) is 0 Å². The van der Waals surface area contributed by atoms with Crippen LogP contribution in [0, 0.1) is 5.82 Å². The Morgan fingerprint density at radius 1 is 1.22 bits per heavy atom. The number of amides is 1. The van der Waals surface area contributed by atoms with E-state index in [4.69, 9.17) is 5.14 Å². The molecule has 1 amide bonds. The Bertz CT molecular complexity index is 1130. The quantitative estimate of drug-likeness (QED) is 0.491. The molecule has 0 aliphatic heterocycles. The molecular weight excluding hydrogens is 375 g/mol. The van der Waals surface area contributed by atoms with Crippen molar-refractivity contribution in [1.82, 2.24) is 4.98 Å². The highest BCUT2D eigenvalue weighted by molar-refractivity contribution is 7.89. The average Bonchev–Trinajstić information content (AvgIpc) is 2.62. The van der Waals surface area contributed by atoms with E-state index in [2.05, 4.69) is 15.6 Å². The number of primary sulfonamides is 1. The third-order valence-electron chi connectivity index (χ3n) is 3.77. The Balaban J connectivity index is 1.74. The minimum absolute atomic E-state index is 0.0682. The second-order valence-electron chi connectivity index (χ2n) is 5.64. The summed E-state index contributed by atoms with van der Waals surface area (Å²) >= 11 is 0. The number of carbonyl (C=O) groups is 1. The highest BCUT2D eigenvalue weighted by Crippen LogP contribution is 2.31. The van der Waals surface area contributed by atoms with Gasteiger partial charge in [-0.25, -0.2) is 17.9 Å². The van der Waals surface area contributed by atoms with Crippen LogP contribution in [0.1, 0.15) is 0 Å². The number of aromatic nitrogens is 1. The van der Waals surface area contributed by atoms with Crippen LogP contribution in [0.5, 0.6) is 5.75 Å². The van der Waals surface area contributed by atoms with Gasteiger partial charge >= 0.3 is 0 Å². The number of nitrogens with one attached hydrogen (secondary N) is 2. The Morgan fingerprint density at radius 2 is 2.00 bits per heavy atom. The van der Waals surface area contributed by atoms with Crippen molar-refractivity contribution >= 4 is 38.1 Å². The number of nitrogens with zero attached hydrogens (tertiary/aromatic N) is 1. The van der Waals surface area contributed by atoms with Gasteiger partial charge in [-0.2, -0.15) is 0 Å². The summed E-state index contributed by atoms with van der Waals surface area (Å²) in [7, 11) is -4.02. The molecule has 0 spiro atoms. The minimum Gasteiger partial charge on any atom is -0.506 e. The first kappa shape index (κ1) is 18.5. The molecule has 0 atom stereocenters. The number of anilines is 2. The molecule has 0 aliphatic carbocycles. The van der Waals surface area contributed by atoms with Crippen molar-refractivity contribution in [3.8, 4) is 5.75 Å². The number of nitrogens with two attached hydrogens (primary N) is 1. The molecule has 1 aromatic heterocycles. The number of benzene rings is 2. The molecule has 0 fully saturated rings. The first-order chi connectivity index (χ1) is 12.8. The van der Waals surface area contributed by atoms with E-state index >= 15 is 0 Å². The van der Waals surface area contributed by atoms with Crippen molar-refractivity contribution in [3.05, 3.63) is 54.6 Å². The molecular formula is C17H15FN4O4S. The molecule has 5 N–H and O–H groups in total. The van der Waals surface area contributed by atoms with Gasteiger partial charge in [-0.1, -0.05) is 6.07 Å². The second kappa shape index (κ2) is 7.17. The van der Waals surface area contributed by atoms with Crippen molar-refractivity contribution in [1.29, 1.82) is 0 Å². The molecule has 0 aliphatic rings. The van der Waals surface area contributed by atoms with Gasteiger partial charge < -0.3 is 15.7 Å². The normalized spacial score (nSPS) is 11.3. The number of phenols is 1. The molecule has 0 saturated heterocycles. The van der Waals surface area contributed by atoms with Crippen LogP contribution in [0.2, 0.25) is 0 Å². The van der Waals surface area contributed by atoms with Crippen LogP contribution < -0.4 is 15.8 Å². The van der Waals surface area contributed by atoms with E-state index in [1.807, 2.05) is 0 Å². The third kappa shape index (κ3) is 4.13. The Hall–Kier alpha value is -3.24. The number of carbonyl (C=O) groups excluding carboxylic acids is 1. The van der Waals surface area contributed by atoms with Crippen LogP contribution in [0.4, 0.5) is 15.8 Å². The summed E-state index contributed by atoms with van der Waals surface area (Å²) in [5.74, 6) is -1.55. The predicted molar refractivity (Wildman–Crippen MR) is 98.3 cm³/mol. The van der Waals surface area contributed by atoms with Crippen molar-refractivity contribution in [3.63, 3.8) is 0 Å². The first-order valence-corrected chi connectivity index (χ1v) is 9.22. The molecule has 0 saturated carbocycles. The molecule has 0 unspecified atom stereocenters. The van der Waals surface area contributed by atoms with Crippen LogP contribution in [0.15, 0.2) is 53.7 Å². The smallest absolute Gasteiger partial charge is 0.243 e. The number of phenolic OH excluding ortho intramolecular Hbond substituents is 1. The Morgan fingerprint density at radius 3 is 2.70 bits per heavy atom. The van der Waals surface area contributed by atoms with Gasteiger partial charge in [0.05, 0.1) is 22.8 Å². The zero-order valence-electron chi connectivity index (χ0n) is 13.8. The number of aromatic hydroxyl groups is 1. The van der Waals surface area contributed by atoms with Gasteiger partial charge in [-0.15, -0.1) is 0 Å². The van der Waals surface area contributed by atoms with Gasteiger partial charge in [-0.05, 0) is 35.7 Å². The standard InChI is InChI=1S/C17H15FN4O4S/c18-13-7-11(27(19,25)26)2-3-14(13)21-9-16(24)22-17-12-8-20-6-5-10(12)1-4-15(17)23/h1-8,21,23H,9H2,(H,22,24)(H2,19,25,26). The fourth-order valence-electron chi connectivity index (χ4n) is 2.46. The Labute approximate surface area is 153 Å². The van der Waals surface area contributed by atoms with E-state index in [0.29, 0.717) is 5.39 Å². The fourth-order valence-corrected chi connectivity index (χ4v) is 2.98. The van der Waals surface area contributed by atoms with Gasteiger partial charge in [0.2, 0.25) is 15.9 Å². The average molecular weight is 390 g/mol. The second-order valence-corrected chi connectivity index (χ2v) is 7.21. The summed E-state index contributed by atoms with van der Waals surface area (Å²) in [6, 6.07) is 7.91. The van der Waals surface area contributed by atoms with E-state index in [9.17, 15) is 22.7 Å². The summed E-state index contributed by atoms with van der Waals surface area (Å²) in [5, 5.41) is 21.4. The summed E-state index contributed by atoms with van der Waals surface area (Å²) in [6.45, 7) is -0.318. The maximum atomic E-state index is 14.0. The highest BCUT2D eigenvalue weighted by atomic mass is 32.2. The van der Waals surface area contributed by atoms with Crippen LogP contribution in [0.3, 0.4) is 0 Å². The SMILES string of the molecule is NS(=O)(=O)c1ccc(NCC(=O)Nc2c(O)ccc3ccncc23)c(F)c1. The number of hydrogen-bond donors (Lipinski definition) is 4. The molecule has 3 aromatic rings. The molecule has 27 heavy (non-hydrogen) atoms. The molecule has 0 radical (unpaired) electrons. The number of rotatable bonds is 5. The molecule has 1 heterocycles. The Kier molecular flexibility index (Phi) is 4.93. The van der Waals surface area contributed by atoms with Crippen LogP contribution in [-0.4, -0.2) is 31.0 Å². The molecule has 140 valence electrons. The van der Waals surface area contributed by atoms with E-state index in [0.717, 1.165) is 17.5 Å². The molecule has 2 aromatic carbocycles. The summed E-state index contributed by atoms with van der Waals surface area (Å²) in [4.78, 5) is 15.8. The van der Waals surface area contributed by atoms with Crippen LogP contribution in [-0.2, 0) is 14.8 Å². The lowest BCUT2D eigenvalue weighted by atomic mass is 10.1. The molecule has 0 bridgehead atoms.